The predicted molar refractivity (Wildman–Crippen MR) is 50.2 cm³/mol. The van der Waals surface area contributed by atoms with Crippen molar-refractivity contribution in [3.8, 4) is 0 Å². The Kier molecular flexibility index (Phi) is 4.46. The summed E-state index contributed by atoms with van der Waals surface area (Å²) in [5, 5.41) is 11.4. The molecule has 0 aliphatic heterocycles. The third kappa shape index (κ3) is 4.62. The fraction of sp³-hybridized carbons (Fsp3) is 0.875. The molecule has 0 aromatic heterocycles. The Hall–Kier alpha value is -0.220. The second-order valence-corrected chi connectivity index (χ2v) is 4.15. The number of thioether (sulfide) groups is 1. The third-order valence-electron chi connectivity index (χ3n) is 1.65. The standard InChI is InChI=1S/C8H15NO2S/c10-4-6-12-5-3-8(11)9-7-1-2-7/h7,10H,1-6H2,(H,9,11). The number of carbonyl (C=O) groups excluding carboxylic acids is 1. The van der Waals surface area contributed by atoms with E-state index in [0.717, 1.165) is 24.3 Å². The molecule has 0 saturated heterocycles. The minimum absolute atomic E-state index is 0.155. The summed E-state index contributed by atoms with van der Waals surface area (Å²) < 4.78 is 0. The van der Waals surface area contributed by atoms with Crippen molar-refractivity contribution in [2.75, 3.05) is 18.1 Å². The van der Waals surface area contributed by atoms with Crippen molar-refractivity contribution in [3.63, 3.8) is 0 Å². The average molecular weight is 189 g/mol. The van der Waals surface area contributed by atoms with Gasteiger partial charge in [0.15, 0.2) is 0 Å². The van der Waals surface area contributed by atoms with Crippen molar-refractivity contribution in [3.05, 3.63) is 0 Å². The number of aliphatic hydroxyl groups is 1. The highest BCUT2D eigenvalue weighted by Gasteiger charge is 2.22. The van der Waals surface area contributed by atoms with Crippen LogP contribution in [0.25, 0.3) is 0 Å². The zero-order valence-electron chi connectivity index (χ0n) is 7.08. The first-order valence-electron chi connectivity index (χ1n) is 4.31. The van der Waals surface area contributed by atoms with Gasteiger partial charge in [0.05, 0.1) is 6.61 Å². The molecule has 1 fully saturated rings. The van der Waals surface area contributed by atoms with E-state index in [1.54, 1.807) is 11.8 Å². The second-order valence-electron chi connectivity index (χ2n) is 2.93. The third-order valence-corrected chi connectivity index (χ3v) is 2.62. The van der Waals surface area contributed by atoms with Gasteiger partial charge in [-0.2, -0.15) is 11.8 Å². The Morgan fingerprint density at radius 1 is 1.50 bits per heavy atom. The molecule has 0 atom stereocenters. The van der Waals surface area contributed by atoms with Crippen molar-refractivity contribution in [1.29, 1.82) is 0 Å². The Labute approximate surface area is 76.9 Å². The van der Waals surface area contributed by atoms with Crippen LogP contribution in [0.4, 0.5) is 0 Å². The summed E-state index contributed by atoms with van der Waals surface area (Å²) in [5.41, 5.74) is 0. The fourth-order valence-electron chi connectivity index (χ4n) is 0.859. The van der Waals surface area contributed by atoms with E-state index >= 15 is 0 Å². The quantitative estimate of drug-likeness (QED) is 0.594. The SMILES string of the molecule is O=C(CCSCCO)NC1CC1. The minimum Gasteiger partial charge on any atom is -0.396 e. The van der Waals surface area contributed by atoms with Crippen molar-refractivity contribution < 1.29 is 9.90 Å². The molecule has 4 heteroatoms. The number of rotatable bonds is 6. The number of hydrogen-bond donors (Lipinski definition) is 2. The second kappa shape index (κ2) is 5.43. The first-order chi connectivity index (χ1) is 5.83. The molecule has 0 unspecified atom stereocenters. The molecule has 1 amide bonds. The summed E-state index contributed by atoms with van der Waals surface area (Å²) in [6, 6.07) is 0.473. The molecule has 0 aromatic rings. The predicted octanol–water partition coefficient (Wildman–Crippen LogP) is 0.381. The van der Waals surface area contributed by atoms with Gasteiger partial charge in [-0.3, -0.25) is 4.79 Å². The molecule has 1 saturated carbocycles. The monoisotopic (exact) mass is 189 g/mol. The topological polar surface area (TPSA) is 49.3 Å². The summed E-state index contributed by atoms with van der Waals surface area (Å²) >= 11 is 1.62. The molecule has 70 valence electrons. The Morgan fingerprint density at radius 3 is 2.83 bits per heavy atom. The molecular formula is C8H15NO2S. The van der Waals surface area contributed by atoms with Crippen LogP contribution >= 0.6 is 11.8 Å². The molecule has 1 aliphatic rings. The molecule has 0 bridgehead atoms. The molecular weight excluding hydrogens is 174 g/mol. The molecule has 0 spiro atoms. The summed E-state index contributed by atoms with van der Waals surface area (Å²) in [6.07, 6.45) is 2.88. The van der Waals surface area contributed by atoms with E-state index in [2.05, 4.69) is 5.32 Å². The summed E-state index contributed by atoms with van der Waals surface area (Å²) in [6.45, 7) is 0.203. The summed E-state index contributed by atoms with van der Waals surface area (Å²) in [4.78, 5) is 11.1. The van der Waals surface area contributed by atoms with E-state index in [-0.39, 0.29) is 12.5 Å². The van der Waals surface area contributed by atoms with Gasteiger partial charge < -0.3 is 10.4 Å². The summed E-state index contributed by atoms with van der Waals surface area (Å²) in [5.74, 6) is 1.71. The zero-order chi connectivity index (χ0) is 8.81. The van der Waals surface area contributed by atoms with Crippen LogP contribution in [0.15, 0.2) is 0 Å². The van der Waals surface area contributed by atoms with E-state index < -0.39 is 0 Å². The van der Waals surface area contributed by atoms with Gasteiger partial charge in [0.25, 0.3) is 0 Å². The maximum atomic E-state index is 11.1. The van der Waals surface area contributed by atoms with Gasteiger partial charge in [0.2, 0.25) is 5.91 Å². The molecule has 2 N–H and O–H groups in total. The van der Waals surface area contributed by atoms with Gasteiger partial charge in [0, 0.05) is 24.0 Å². The van der Waals surface area contributed by atoms with Gasteiger partial charge >= 0.3 is 0 Å². The maximum absolute atomic E-state index is 11.1. The Morgan fingerprint density at radius 2 is 2.25 bits per heavy atom. The lowest BCUT2D eigenvalue weighted by Crippen LogP contribution is -2.25. The van der Waals surface area contributed by atoms with Crippen molar-refractivity contribution >= 4 is 17.7 Å². The van der Waals surface area contributed by atoms with Gasteiger partial charge in [-0.15, -0.1) is 0 Å². The van der Waals surface area contributed by atoms with E-state index in [1.807, 2.05) is 0 Å². The van der Waals surface area contributed by atoms with Crippen LogP contribution in [-0.2, 0) is 4.79 Å². The summed E-state index contributed by atoms with van der Waals surface area (Å²) in [7, 11) is 0. The Balaban J connectivity index is 1.87. The molecule has 1 rings (SSSR count). The van der Waals surface area contributed by atoms with Gasteiger partial charge in [0.1, 0.15) is 0 Å². The molecule has 0 heterocycles. The van der Waals surface area contributed by atoms with Crippen LogP contribution in [-0.4, -0.2) is 35.2 Å². The van der Waals surface area contributed by atoms with Gasteiger partial charge in [-0.25, -0.2) is 0 Å². The highest BCUT2D eigenvalue weighted by molar-refractivity contribution is 7.99. The number of hydrogen-bond acceptors (Lipinski definition) is 3. The molecule has 12 heavy (non-hydrogen) atoms. The molecule has 1 aliphatic carbocycles. The van der Waals surface area contributed by atoms with Crippen LogP contribution in [0.3, 0.4) is 0 Å². The van der Waals surface area contributed by atoms with E-state index in [4.69, 9.17) is 5.11 Å². The van der Waals surface area contributed by atoms with Crippen molar-refractivity contribution in [1.82, 2.24) is 5.32 Å². The first-order valence-corrected chi connectivity index (χ1v) is 5.46. The molecule has 3 nitrogen and oxygen atoms in total. The van der Waals surface area contributed by atoms with E-state index in [0.29, 0.717) is 12.5 Å². The van der Waals surface area contributed by atoms with Crippen LogP contribution in [0.2, 0.25) is 0 Å². The lowest BCUT2D eigenvalue weighted by Gasteiger charge is -2.01. The zero-order valence-corrected chi connectivity index (χ0v) is 7.90. The fourth-order valence-corrected chi connectivity index (χ4v) is 1.52. The highest BCUT2D eigenvalue weighted by atomic mass is 32.2. The van der Waals surface area contributed by atoms with Crippen LogP contribution in [0, 0.1) is 0 Å². The van der Waals surface area contributed by atoms with Crippen LogP contribution in [0.5, 0.6) is 0 Å². The van der Waals surface area contributed by atoms with Crippen LogP contribution in [0.1, 0.15) is 19.3 Å². The first kappa shape index (κ1) is 9.86. The smallest absolute Gasteiger partial charge is 0.221 e. The van der Waals surface area contributed by atoms with Gasteiger partial charge in [-0.1, -0.05) is 0 Å². The minimum atomic E-state index is 0.155. The molecule has 0 radical (unpaired) electrons. The molecule has 0 aromatic carbocycles. The highest BCUT2D eigenvalue weighted by Crippen LogP contribution is 2.18. The average Bonchev–Trinajstić information content (AvgIpc) is 2.82. The number of carbonyl (C=O) groups is 1. The van der Waals surface area contributed by atoms with Crippen molar-refractivity contribution in [2.45, 2.75) is 25.3 Å². The number of amides is 1. The normalized spacial score (nSPS) is 16.1. The van der Waals surface area contributed by atoms with Crippen LogP contribution < -0.4 is 5.32 Å². The maximum Gasteiger partial charge on any atom is 0.221 e. The van der Waals surface area contributed by atoms with Gasteiger partial charge in [-0.05, 0) is 12.8 Å². The lowest BCUT2D eigenvalue weighted by molar-refractivity contribution is -0.120. The largest absolute Gasteiger partial charge is 0.396 e. The van der Waals surface area contributed by atoms with E-state index in [1.165, 1.54) is 0 Å². The van der Waals surface area contributed by atoms with Crippen molar-refractivity contribution in [2.24, 2.45) is 0 Å². The van der Waals surface area contributed by atoms with E-state index in [9.17, 15) is 4.79 Å². The Bertz CT molecular complexity index is 148. The number of nitrogens with one attached hydrogen (secondary N) is 1. The lowest BCUT2D eigenvalue weighted by atomic mass is 10.4. The number of aliphatic hydroxyl groups excluding tert-OH is 1.